The van der Waals surface area contributed by atoms with E-state index in [1.54, 1.807) is 18.2 Å². The molecule has 0 unspecified atom stereocenters. The maximum Gasteiger partial charge on any atom is 0.242 e. The Hall–Kier alpha value is -2.52. The quantitative estimate of drug-likeness (QED) is 0.803. The Balaban J connectivity index is 2.13. The van der Waals surface area contributed by atoms with E-state index in [2.05, 4.69) is 10.0 Å². The molecule has 1 amide bonds. The number of rotatable bonds is 6. The predicted molar refractivity (Wildman–Crippen MR) is 95.5 cm³/mol. The fraction of sp³-hybridized carbons (Fsp3) is 0.235. The van der Waals surface area contributed by atoms with Crippen molar-refractivity contribution in [2.75, 3.05) is 24.3 Å². The molecule has 0 aliphatic heterocycles. The summed E-state index contributed by atoms with van der Waals surface area (Å²) in [5.74, 6) is -2.44. The van der Waals surface area contributed by atoms with Crippen LogP contribution in [0.3, 0.4) is 0 Å². The largest absolute Gasteiger partial charge is 0.373 e. The van der Waals surface area contributed by atoms with E-state index in [1.165, 1.54) is 38.1 Å². The van der Waals surface area contributed by atoms with Crippen molar-refractivity contribution in [2.24, 2.45) is 0 Å². The lowest BCUT2D eigenvalue weighted by Crippen LogP contribution is -2.41. The first kappa shape index (κ1) is 19.8. The normalized spacial score (nSPS) is 12.5. The number of sulfonamides is 1. The Morgan fingerprint density at radius 3 is 2.12 bits per heavy atom. The molecule has 0 radical (unpaired) electrons. The lowest BCUT2D eigenvalue weighted by atomic mass is 10.2. The molecule has 0 saturated carbocycles. The van der Waals surface area contributed by atoms with Crippen LogP contribution >= 0.6 is 0 Å². The predicted octanol–water partition coefficient (Wildman–Crippen LogP) is 2.34. The molecule has 2 N–H and O–H groups in total. The number of benzene rings is 2. The highest BCUT2D eigenvalue weighted by Gasteiger charge is 2.22. The number of nitrogens with zero attached hydrogens (tertiary/aromatic N) is 1. The van der Waals surface area contributed by atoms with Crippen LogP contribution in [0.1, 0.15) is 6.92 Å². The molecular weight excluding hydrogens is 364 g/mol. The number of halogens is 2. The molecule has 0 aromatic heterocycles. The molecule has 0 saturated heterocycles. The van der Waals surface area contributed by atoms with Crippen LogP contribution in [-0.2, 0) is 14.8 Å². The molecule has 0 aliphatic carbocycles. The zero-order valence-corrected chi connectivity index (χ0v) is 15.3. The van der Waals surface area contributed by atoms with Gasteiger partial charge in [-0.2, -0.15) is 4.72 Å². The Kier molecular flexibility index (Phi) is 5.94. The molecule has 140 valence electrons. The lowest BCUT2D eigenvalue weighted by molar-refractivity contribution is -0.117. The summed E-state index contributed by atoms with van der Waals surface area (Å²) in [7, 11) is -0.924. The second-order valence-corrected chi connectivity index (χ2v) is 7.54. The van der Waals surface area contributed by atoms with E-state index < -0.39 is 33.6 Å². The van der Waals surface area contributed by atoms with Crippen molar-refractivity contribution in [1.82, 2.24) is 4.72 Å². The summed E-state index contributed by atoms with van der Waals surface area (Å²) in [5.41, 5.74) is -0.345. The van der Waals surface area contributed by atoms with Crippen LogP contribution in [0.4, 0.5) is 20.2 Å². The summed E-state index contributed by atoms with van der Waals surface area (Å²) >= 11 is 0. The van der Waals surface area contributed by atoms with Crippen LogP contribution in [0.25, 0.3) is 0 Å². The summed E-state index contributed by atoms with van der Waals surface area (Å²) in [4.78, 5) is 13.4. The van der Waals surface area contributed by atoms with Gasteiger partial charge in [0.1, 0.15) is 5.69 Å². The summed E-state index contributed by atoms with van der Waals surface area (Å²) in [6.45, 7) is 1.33. The molecular formula is C17H19F2N3O3S. The van der Waals surface area contributed by atoms with Crippen LogP contribution < -0.4 is 14.9 Å². The summed E-state index contributed by atoms with van der Waals surface area (Å²) in [6, 6.07) is 8.32. The van der Waals surface area contributed by atoms with Crippen molar-refractivity contribution in [3.05, 3.63) is 54.1 Å². The van der Waals surface area contributed by atoms with Gasteiger partial charge in [-0.1, -0.05) is 18.2 Å². The van der Waals surface area contributed by atoms with Crippen molar-refractivity contribution in [2.45, 2.75) is 17.9 Å². The first-order valence-corrected chi connectivity index (χ1v) is 9.14. The van der Waals surface area contributed by atoms with Gasteiger partial charge in [0.05, 0.1) is 10.9 Å². The monoisotopic (exact) mass is 383 g/mol. The maximum atomic E-state index is 14.0. The van der Waals surface area contributed by atoms with Gasteiger partial charge in [0, 0.05) is 19.8 Å². The molecule has 2 aromatic rings. The van der Waals surface area contributed by atoms with E-state index in [0.717, 1.165) is 12.1 Å². The van der Waals surface area contributed by atoms with Crippen LogP contribution in [0.15, 0.2) is 47.4 Å². The number of anilines is 2. The van der Waals surface area contributed by atoms with Gasteiger partial charge in [0.2, 0.25) is 15.9 Å². The zero-order valence-electron chi connectivity index (χ0n) is 14.5. The highest BCUT2D eigenvalue weighted by molar-refractivity contribution is 7.89. The molecule has 26 heavy (non-hydrogen) atoms. The molecule has 0 fully saturated rings. The average molecular weight is 383 g/mol. The van der Waals surface area contributed by atoms with Crippen molar-refractivity contribution >= 4 is 27.3 Å². The number of hydrogen-bond donors (Lipinski definition) is 2. The van der Waals surface area contributed by atoms with Crippen molar-refractivity contribution < 1.29 is 22.0 Å². The third-order valence-corrected chi connectivity index (χ3v) is 5.07. The SMILES string of the molecule is C[C@H](NS(=O)(=O)c1ccccc1)C(=O)Nc1cc(F)c(N(C)C)c(F)c1. The smallest absolute Gasteiger partial charge is 0.242 e. The Morgan fingerprint density at radius 1 is 1.08 bits per heavy atom. The topological polar surface area (TPSA) is 78.5 Å². The second-order valence-electron chi connectivity index (χ2n) is 5.83. The molecule has 9 heteroatoms. The van der Waals surface area contributed by atoms with E-state index in [0.29, 0.717) is 0 Å². The molecule has 2 rings (SSSR count). The highest BCUT2D eigenvalue weighted by atomic mass is 32.2. The minimum absolute atomic E-state index is 0.00655. The minimum atomic E-state index is -3.90. The van der Waals surface area contributed by atoms with Crippen molar-refractivity contribution in [1.29, 1.82) is 0 Å². The van der Waals surface area contributed by atoms with Crippen molar-refractivity contribution in [3.63, 3.8) is 0 Å². The number of hydrogen-bond acceptors (Lipinski definition) is 4. The molecule has 0 aliphatic rings. The molecule has 0 bridgehead atoms. The van der Waals surface area contributed by atoms with Crippen LogP contribution in [0.2, 0.25) is 0 Å². The fourth-order valence-corrected chi connectivity index (χ4v) is 3.49. The number of carbonyl (C=O) groups is 1. The summed E-state index contributed by atoms with van der Waals surface area (Å²) < 4.78 is 54.6. The van der Waals surface area contributed by atoms with Gasteiger partial charge in [-0.15, -0.1) is 0 Å². The first-order valence-electron chi connectivity index (χ1n) is 7.66. The standard InChI is InChI=1S/C17H19F2N3O3S/c1-11(21-26(24,25)13-7-5-4-6-8-13)17(23)20-12-9-14(18)16(22(2)3)15(19)10-12/h4-11,21H,1-3H3,(H,20,23)/t11-/m0/s1. The maximum absolute atomic E-state index is 14.0. The van der Waals surface area contributed by atoms with Gasteiger partial charge in [0.15, 0.2) is 11.6 Å². The molecule has 6 nitrogen and oxygen atoms in total. The van der Waals surface area contributed by atoms with Gasteiger partial charge in [-0.25, -0.2) is 17.2 Å². The van der Waals surface area contributed by atoms with E-state index >= 15 is 0 Å². The number of amides is 1. The van der Waals surface area contributed by atoms with Gasteiger partial charge in [-0.05, 0) is 31.2 Å². The van der Waals surface area contributed by atoms with Gasteiger partial charge >= 0.3 is 0 Å². The van der Waals surface area contributed by atoms with E-state index in [9.17, 15) is 22.0 Å². The van der Waals surface area contributed by atoms with Gasteiger partial charge < -0.3 is 10.2 Å². The Morgan fingerprint density at radius 2 is 1.62 bits per heavy atom. The van der Waals surface area contributed by atoms with Crippen LogP contribution in [0, 0.1) is 11.6 Å². The molecule has 2 aromatic carbocycles. The molecule has 0 heterocycles. The fourth-order valence-electron chi connectivity index (χ4n) is 2.27. The third kappa shape index (κ3) is 4.55. The van der Waals surface area contributed by atoms with Crippen LogP contribution in [-0.4, -0.2) is 34.5 Å². The van der Waals surface area contributed by atoms with Crippen molar-refractivity contribution in [3.8, 4) is 0 Å². The molecule has 1 atom stereocenters. The lowest BCUT2D eigenvalue weighted by Gasteiger charge is -2.17. The zero-order chi connectivity index (χ0) is 19.5. The van der Waals surface area contributed by atoms with Gasteiger partial charge in [-0.3, -0.25) is 4.79 Å². The summed E-state index contributed by atoms with van der Waals surface area (Å²) in [5, 5.41) is 2.30. The second kappa shape index (κ2) is 7.79. The number of carbonyl (C=O) groups excluding carboxylic acids is 1. The summed E-state index contributed by atoms with van der Waals surface area (Å²) in [6.07, 6.45) is 0. The van der Waals surface area contributed by atoms with E-state index in [-0.39, 0.29) is 16.3 Å². The van der Waals surface area contributed by atoms with E-state index in [1.807, 2.05) is 0 Å². The van der Waals surface area contributed by atoms with E-state index in [4.69, 9.17) is 0 Å². The highest BCUT2D eigenvalue weighted by Crippen LogP contribution is 2.25. The van der Waals surface area contributed by atoms with Crippen LogP contribution in [0.5, 0.6) is 0 Å². The van der Waals surface area contributed by atoms with Gasteiger partial charge in [0.25, 0.3) is 0 Å². The first-order chi connectivity index (χ1) is 12.1. The Bertz CT molecular complexity index is 880. The third-order valence-electron chi connectivity index (χ3n) is 3.51. The average Bonchev–Trinajstić information content (AvgIpc) is 2.54. The minimum Gasteiger partial charge on any atom is -0.373 e. The number of nitrogens with one attached hydrogen (secondary N) is 2. The molecule has 0 spiro atoms. The Labute approximate surface area is 150 Å².